The normalized spacial score (nSPS) is 18.5. The van der Waals surface area contributed by atoms with E-state index in [1.54, 1.807) is 0 Å². The molecule has 1 aliphatic carbocycles. The fraction of sp³-hybridized carbons (Fsp3) is 0.625. The predicted octanol–water partition coefficient (Wildman–Crippen LogP) is 1.90. The van der Waals surface area contributed by atoms with Gasteiger partial charge >= 0.3 is 0 Å². The van der Waals surface area contributed by atoms with E-state index in [1.807, 2.05) is 18.5 Å². The molecule has 4 rings (SSSR count). The summed E-state index contributed by atoms with van der Waals surface area (Å²) < 4.78 is 7.44. The van der Waals surface area contributed by atoms with Crippen LogP contribution in [-0.2, 0) is 24.8 Å². The van der Waals surface area contributed by atoms with E-state index >= 15 is 0 Å². The summed E-state index contributed by atoms with van der Waals surface area (Å²) in [6, 6.07) is 10.8. The SMILES string of the molecule is Cc1nnc(CN=C(NCCCN2CCOCC2)NCC2(Cc3ccccc3)CC2)n1C. The zero-order chi connectivity index (χ0) is 22.2. The average Bonchev–Trinajstić information content (AvgIpc) is 3.51. The third kappa shape index (κ3) is 6.53. The van der Waals surface area contributed by atoms with Crippen molar-refractivity contribution in [3.63, 3.8) is 0 Å². The number of benzene rings is 1. The van der Waals surface area contributed by atoms with Crippen molar-refractivity contribution in [2.24, 2.45) is 17.5 Å². The van der Waals surface area contributed by atoms with Crippen LogP contribution in [0.5, 0.6) is 0 Å². The number of morpholine rings is 1. The van der Waals surface area contributed by atoms with E-state index in [1.165, 1.54) is 18.4 Å². The van der Waals surface area contributed by atoms with E-state index < -0.39 is 0 Å². The van der Waals surface area contributed by atoms with Gasteiger partial charge in [0.2, 0.25) is 0 Å². The molecule has 1 aliphatic heterocycles. The van der Waals surface area contributed by atoms with Crippen molar-refractivity contribution < 1.29 is 4.74 Å². The number of aryl methyl sites for hydroxylation is 1. The van der Waals surface area contributed by atoms with Crippen molar-refractivity contribution in [1.29, 1.82) is 0 Å². The van der Waals surface area contributed by atoms with Gasteiger partial charge in [-0.2, -0.15) is 0 Å². The first-order chi connectivity index (χ1) is 15.6. The minimum atomic E-state index is 0.346. The van der Waals surface area contributed by atoms with E-state index in [9.17, 15) is 0 Å². The van der Waals surface area contributed by atoms with Gasteiger partial charge in [0, 0.05) is 33.2 Å². The third-order valence-electron chi connectivity index (χ3n) is 6.62. The van der Waals surface area contributed by atoms with Gasteiger partial charge in [-0.05, 0) is 50.1 Å². The fourth-order valence-electron chi connectivity index (χ4n) is 4.14. The van der Waals surface area contributed by atoms with Crippen LogP contribution in [-0.4, -0.2) is 71.6 Å². The van der Waals surface area contributed by atoms with E-state index in [4.69, 9.17) is 9.73 Å². The summed E-state index contributed by atoms with van der Waals surface area (Å²) in [5, 5.41) is 15.6. The predicted molar refractivity (Wildman–Crippen MR) is 127 cm³/mol. The van der Waals surface area contributed by atoms with E-state index in [2.05, 4.69) is 56.1 Å². The molecule has 1 saturated carbocycles. The Balaban J connectivity index is 1.31. The Bertz CT molecular complexity index is 870. The molecule has 0 unspecified atom stereocenters. The van der Waals surface area contributed by atoms with Crippen molar-refractivity contribution in [2.45, 2.75) is 39.2 Å². The molecule has 2 aliphatic rings. The summed E-state index contributed by atoms with van der Waals surface area (Å²) in [4.78, 5) is 7.30. The highest BCUT2D eigenvalue weighted by Crippen LogP contribution is 2.47. The second kappa shape index (κ2) is 10.9. The third-order valence-corrected chi connectivity index (χ3v) is 6.62. The van der Waals surface area contributed by atoms with Gasteiger partial charge in [0.15, 0.2) is 11.8 Å². The number of aromatic nitrogens is 3. The number of aliphatic imine (C=N–C) groups is 1. The number of nitrogens with zero attached hydrogens (tertiary/aromatic N) is 5. The van der Waals surface area contributed by atoms with Gasteiger partial charge in [-0.3, -0.25) is 4.90 Å². The van der Waals surface area contributed by atoms with Crippen LogP contribution in [0.25, 0.3) is 0 Å². The van der Waals surface area contributed by atoms with Crippen LogP contribution in [0.2, 0.25) is 0 Å². The second-order valence-corrected chi connectivity index (χ2v) is 9.14. The van der Waals surface area contributed by atoms with Gasteiger partial charge in [0.05, 0.1) is 13.2 Å². The Hall–Kier alpha value is -2.45. The van der Waals surface area contributed by atoms with Crippen LogP contribution in [0.4, 0.5) is 0 Å². The molecule has 2 fully saturated rings. The highest BCUT2D eigenvalue weighted by atomic mass is 16.5. The summed E-state index contributed by atoms with van der Waals surface area (Å²) in [5.74, 6) is 2.65. The van der Waals surface area contributed by atoms with Crippen LogP contribution in [0.1, 0.15) is 36.5 Å². The molecular weight excluding hydrogens is 402 g/mol. The number of hydrogen-bond acceptors (Lipinski definition) is 5. The Morgan fingerprint density at radius 1 is 1.12 bits per heavy atom. The molecule has 0 atom stereocenters. The largest absolute Gasteiger partial charge is 0.379 e. The maximum absolute atomic E-state index is 5.44. The van der Waals surface area contributed by atoms with E-state index in [0.717, 1.165) is 76.4 Å². The number of ether oxygens (including phenoxy) is 1. The van der Waals surface area contributed by atoms with Gasteiger partial charge in [-0.15, -0.1) is 10.2 Å². The lowest BCUT2D eigenvalue weighted by Gasteiger charge is -2.26. The van der Waals surface area contributed by atoms with Crippen molar-refractivity contribution in [1.82, 2.24) is 30.3 Å². The molecule has 174 valence electrons. The van der Waals surface area contributed by atoms with Crippen LogP contribution in [0.3, 0.4) is 0 Å². The molecule has 8 heteroatoms. The first-order valence-corrected chi connectivity index (χ1v) is 11.8. The molecule has 1 aromatic carbocycles. The van der Waals surface area contributed by atoms with Crippen LogP contribution in [0.15, 0.2) is 35.3 Å². The van der Waals surface area contributed by atoms with Crippen molar-refractivity contribution in [3.8, 4) is 0 Å². The molecule has 32 heavy (non-hydrogen) atoms. The molecule has 0 bridgehead atoms. The maximum atomic E-state index is 5.44. The highest BCUT2D eigenvalue weighted by molar-refractivity contribution is 5.79. The van der Waals surface area contributed by atoms with Crippen molar-refractivity contribution in [2.75, 3.05) is 45.9 Å². The smallest absolute Gasteiger partial charge is 0.191 e. The maximum Gasteiger partial charge on any atom is 0.191 e. The van der Waals surface area contributed by atoms with Crippen LogP contribution >= 0.6 is 0 Å². The van der Waals surface area contributed by atoms with Gasteiger partial charge < -0.3 is 19.9 Å². The summed E-state index contributed by atoms with van der Waals surface area (Å²) in [5.41, 5.74) is 1.76. The lowest BCUT2D eigenvalue weighted by Crippen LogP contribution is -2.42. The molecule has 0 radical (unpaired) electrons. The van der Waals surface area contributed by atoms with Gasteiger partial charge in [-0.25, -0.2) is 4.99 Å². The number of rotatable bonds is 10. The van der Waals surface area contributed by atoms with Crippen LogP contribution < -0.4 is 10.6 Å². The molecule has 0 amide bonds. The quantitative estimate of drug-likeness (QED) is 0.334. The van der Waals surface area contributed by atoms with Gasteiger partial charge in [-0.1, -0.05) is 30.3 Å². The molecule has 1 saturated heterocycles. The van der Waals surface area contributed by atoms with Gasteiger partial charge in [0.1, 0.15) is 12.4 Å². The van der Waals surface area contributed by atoms with Gasteiger partial charge in [0.25, 0.3) is 0 Å². The molecule has 1 aromatic heterocycles. The van der Waals surface area contributed by atoms with E-state index in [-0.39, 0.29) is 0 Å². The first-order valence-electron chi connectivity index (χ1n) is 11.8. The highest BCUT2D eigenvalue weighted by Gasteiger charge is 2.42. The zero-order valence-electron chi connectivity index (χ0n) is 19.5. The second-order valence-electron chi connectivity index (χ2n) is 9.14. The molecule has 2 N–H and O–H groups in total. The monoisotopic (exact) mass is 439 g/mol. The van der Waals surface area contributed by atoms with Crippen molar-refractivity contribution in [3.05, 3.63) is 47.5 Å². The summed E-state index contributed by atoms with van der Waals surface area (Å²) in [6.07, 6.45) is 4.73. The Kier molecular flexibility index (Phi) is 7.76. The van der Waals surface area contributed by atoms with Crippen molar-refractivity contribution >= 4 is 5.96 Å². The summed E-state index contributed by atoms with van der Waals surface area (Å²) in [7, 11) is 1.99. The van der Waals surface area contributed by atoms with E-state index in [0.29, 0.717) is 12.0 Å². The molecule has 0 spiro atoms. The minimum Gasteiger partial charge on any atom is -0.379 e. The Morgan fingerprint density at radius 3 is 2.59 bits per heavy atom. The molecule has 8 nitrogen and oxygen atoms in total. The molecule has 2 heterocycles. The number of guanidine groups is 1. The Labute approximate surface area is 191 Å². The number of nitrogens with one attached hydrogen (secondary N) is 2. The summed E-state index contributed by atoms with van der Waals surface area (Å²) >= 11 is 0. The molecule has 2 aromatic rings. The lowest BCUT2D eigenvalue weighted by molar-refractivity contribution is 0.0376. The number of hydrogen-bond donors (Lipinski definition) is 2. The summed E-state index contributed by atoms with van der Waals surface area (Å²) in [6.45, 7) is 9.17. The fourth-order valence-corrected chi connectivity index (χ4v) is 4.14. The average molecular weight is 440 g/mol. The standard InChI is InChI=1S/C24H37N7O/c1-20-28-29-22(30(20)2)18-26-23(25-11-6-12-31-13-15-32-16-14-31)27-19-24(9-10-24)17-21-7-4-3-5-8-21/h3-5,7-8H,6,9-19H2,1-2H3,(H2,25,26,27). The topological polar surface area (TPSA) is 79.6 Å². The minimum absolute atomic E-state index is 0.346. The zero-order valence-corrected chi connectivity index (χ0v) is 19.5. The molecular formula is C24H37N7O. The Morgan fingerprint density at radius 2 is 1.91 bits per heavy atom. The lowest BCUT2D eigenvalue weighted by atomic mass is 9.96. The first kappa shape index (κ1) is 22.7. The van der Waals surface area contributed by atoms with Crippen LogP contribution in [0, 0.1) is 12.3 Å².